The summed E-state index contributed by atoms with van der Waals surface area (Å²) in [5, 5.41) is 12.6. The zero-order valence-electron chi connectivity index (χ0n) is 12.4. The number of pyridine rings is 1. The van der Waals surface area contributed by atoms with Gasteiger partial charge < -0.3 is 10.4 Å². The normalized spacial score (nSPS) is 13.9. The Morgan fingerprint density at radius 3 is 2.58 bits per heavy atom. The zero-order valence-corrected chi connectivity index (χ0v) is 12.4. The third-order valence-electron chi connectivity index (χ3n) is 3.40. The minimum atomic E-state index is -0.928. The molecule has 0 saturated carbocycles. The van der Waals surface area contributed by atoms with Crippen LogP contribution in [0.1, 0.15) is 55.4 Å². The average molecular weight is 264 g/mol. The van der Waals surface area contributed by atoms with Crippen molar-refractivity contribution >= 4 is 11.7 Å². The smallest absolute Gasteiger partial charge is 0.339 e. The molecule has 0 aliphatic carbocycles. The molecule has 1 aromatic rings. The standard InChI is InChI=1S/C15H24N2O2/c1-6-9(2)7-10(3)17-13-8-11(4)16-12(5)14(13)15(18)19/h8-10H,6-7H2,1-5H3,(H,16,17)(H,18,19). The van der Waals surface area contributed by atoms with E-state index in [-0.39, 0.29) is 11.6 Å². The molecule has 106 valence electrons. The van der Waals surface area contributed by atoms with Crippen molar-refractivity contribution in [3.8, 4) is 0 Å². The van der Waals surface area contributed by atoms with Crippen molar-refractivity contribution < 1.29 is 9.90 Å². The highest BCUT2D eigenvalue weighted by Gasteiger charge is 2.17. The Kier molecular flexibility index (Phi) is 5.33. The molecule has 19 heavy (non-hydrogen) atoms. The van der Waals surface area contributed by atoms with Crippen LogP contribution in [0.15, 0.2) is 6.07 Å². The number of aryl methyl sites for hydroxylation is 2. The maximum atomic E-state index is 11.3. The number of hydrogen-bond donors (Lipinski definition) is 2. The van der Waals surface area contributed by atoms with Crippen LogP contribution in [-0.2, 0) is 0 Å². The highest BCUT2D eigenvalue weighted by atomic mass is 16.4. The Labute approximate surface area is 115 Å². The quantitative estimate of drug-likeness (QED) is 0.823. The first kappa shape index (κ1) is 15.5. The van der Waals surface area contributed by atoms with Gasteiger partial charge in [-0.05, 0) is 39.2 Å². The van der Waals surface area contributed by atoms with Crippen LogP contribution in [0.5, 0.6) is 0 Å². The van der Waals surface area contributed by atoms with E-state index in [4.69, 9.17) is 0 Å². The first-order valence-corrected chi connectivity index (χ1v) is 6.83. The minimum absolute atomic E-state index is 0.245. The van der Waals surface area contributed by atoms with Gasteiger partial charge in [0.25, 0.3) is 0 Å². The monoisotopic (exact) mass is 264 g/mol. The number of nitrogens with zero attached hydrogens (tertiary/aromatic N) is 1. The lowest BCUT2D eigenvalue weighted by atomic mass is 10.00. The number of carbonyl (C=O) groups is 1. The minimum Gasteiger partial charge on any atom is -0.478 e. The number of rotatable bonds is 6. The van der Waals surface area contributed by atoms with E-state index in [2.05, 4.69) is 31.1 Å². The number of anilines is 1. The molecule has 1 aromatic heterocycles. The Morgan fingerprint density at radius 2 is 2.05 bits per heavy atom. The van der Waals surface area contributed by atoms with Gasteiger partial charge in [-0.25, -0.2) is 4.79 Å². The lowest BCUT2D eigenvalue weighted by Gasteiger charge is -2.20. The summed E-state index contributed by atoms with van der Waals surface area (Å²) in [6.07, 6.45) is 2.15. The van der Waals surface area contributed by atoms with E-state index >= 15 is 0 Å². The lowest BCUT2D eigenvalue weighted by Crippen LogP contribution is -2.21. The van der Waals surface area contributed by atoms with Gasteiger partial charge in [-0.15, -0.1) is 0 Å². The van der Waals surface area contributed by atoms with E-state index in [1.54, 1.807) is 6.92 Å². The van der Waals surface area contributed by atoms with Gasteiger partial charge in [0.2, 0.25) is 0 Å². The Hall–Kier alpha value is -1.58. The molecular weight excluding hydrogens is 240 g/mol. The molecular formula is C15H24N2O2. The largest absolute Gasteiger partial charge is 0.478 e. The van der Waals surface area contributed by atoms with E-state index in [0.717, 1.165) is 18.5 Å². The van der Waals surface area contributed by atoms with Gasteiger partial charge in [0, 0.05) is 11.7 Å². The zero-order chi connectivity index (χ0) is 14.6. The van der Waals surface area contributed by atoms with Crippen LogP contribution < -0.4 is 5.32 Å². The second kappa shape index (κ2) is 6.55. The van der Waals surface area contributed by atoms with Crippen LogP contribution in [0.3, 0.4) is 0 Å². The molecule has 1 heterocycles. The second-order valence-corrected chi connectivity index (χ2v) is 5.37. The summed E-state index contributed by atoms with van der Waals surface area (Å²) in [7, 11) is 0. The number of aromatic carboxylic acids is 1. The summed E-state index contributed by atoms with van der Waals surface area (Å²) in [5.41, 5.74) is 2.35. The van der Waals surface area contributed by atoms with Crippen molar-refractivity contribution in [3.63, 3.8) is 0 Å². The van der Waals surface area contributed by atoms with Gasteiger partial charge in [-0.1, -0.05) is 20.3 Å². The van der Waals surface area contributed by atoms with Crippen LogP contribution in [-0.4, -0.2) is 22.1 Å². The molecule has 0 fully saturated rings. The summed E-state index contributed by atoms with van der Waals surface area (Å²) in [4.78, 5) is 15.6. The third-order valence-corrected chi connectivity index (χ3v) is 3.40. The van der Waals surface area contributed by atoms with Crippen LogP contribution in [0.2, 0.25) is 0 Å². The molecule has 0 bridgehead atoms. The summed E-state index contributed by atoms with van der Waals surface area (Å²) in [6, 6.07) is 2.05. The summed E-state index contributed by atoms with van der Waals surface area (Å²) in [5.74, 6) is -0.303. The molecule has 0 amide bonds. The van der Waals surface area contributed by atoms with Gasteiger partial charge in [0.15, 0.2) is 0 Å². The van der Waals surface area contributed by atoms with Gasteiger partial charge >= 0.3 is 5.97 Å². The maximum Gasteiger partial charge on any atom is 0.339 e. The molecule has 0 aliphatic rings. The highest BCUT2D eigenvalue weighted by Crippen LogP contribution is 2.22. The van der Waals surface area contributed by atoms with Crippen molar-refractivity contribution in [2.45, 2.75) is 53.5 Å². The highest BCUT2D eigenvalue weighted by molar-refractivity contribution is 5.95. The molecule has 2 N–H and O–H groups in total. The molecule has 0 aromatic carbocycles. The summed E-state index contributed by atoms with van der Waals surface area (Å²) < 4.78 is 0. The average Bonchev–Trinajstić information content (AvgIpc) is 2.26. The third kappa shape index (κ3) is 4.23. The van der Waals surface area contributed by atoms with E-state index in [1.165, 1.54) is 0 Å². The van der Waals surface area contributed by atoms with Crippen LogP contribution >= 0.6 is 0 Å². The van der Waals surface area contributed by atoms with Crippen LogP contribution in [0.4, 0.5) is 5.69 Å². The molecule has 1 rings (SSSR count). The topological polar surface area (TPSA) is 62.2 Å². The molecule has 2 atom stereocenters. The van der Waals surface area contributed by atoms with E-state index in [0.29, 0.717) is 17.3 Å². The van der Waals surface area contributed by atoms with Gasteiger partial charge in [-0.3, -0.25) is 4.98 Å². The van der Waals surface area contributed by atoms with E-state index < -0.39 is 5.97 Å². The summed E-state index contributed by atoms with van der Waals surface area (Å²) >= 11 is 0. The Bertz CT molecular complexity index is 458. The van der Waals surface area contributed by atoms with Crippen molar-refractivity contribution in [2.75, 3.05) is 5.32 Å². The number of nitrogens with one attached hydrogen (secondary N) is 1. The van der Waals surface area contributed by atoms with E-state index in [9.17, 15) is 9.90 Å². The molecule has 4 heteroatoms. The molecule has 0 saturated heterocycles. The molecule has 4 nitrogen and oxygen atoms in total. The van der Waals surface area contributed by atoms with Gasteiger partial charge in [0.05, 0.1) is 11.4 Å². The van der Waals surface area contributed by atoms with Gasteiger partial charge in [0.1, 0.15) is 5.56 Å². The van der Waals surface area contributed by atoms with Crippen LogP contribution in [0, 0.1) is 19.8 Å². The number of hydrogen-bond acceptors (Lipinski definition) is 3. The van der Waals surface area contributed by atoms with E-state index in [1.807, 2.05) is 13.0 Å². The SMILES string of the molecule is CCC(C)CC(C)Nc1cc(C)nc(C)c1C(=O)O. The second-order valence-electron chi connectivity index (χ2n) is 5.37. The number of carboxylic acids is 1. The Morgan fingerprint density at radius 1 is 1.42 bits per heavy atom. The molecule has 0 radical (unpaired) electrons. The summed E-state index contributed by atoms with van der Waals surface area (Å²) in [6.45, 7) is 10.1. The molecule has 2 unspecified atom stereocenters. The predicted molar refractivity (Wildman–Crippen MR) is 77.8 cm³/mol. The number of carboxylic acid groups (broad SMARTS) is 1. The fraction of sp³-hybridized carbons (Fsp3) is 0.600. The predicted octanol–water partition coefficient (Wildman–Crippen LogP) is 3.63. The molecule has 0 aliphatic heterocycles. The van der Waals surface area contributed by atoms with Crippen molar-refractivity contribution in [1.29, 1.82) is 0 Å². The number of aromatic nitrogens is 1. The first-order chi connectivity index (χ1) is 8.85. The van der Waals surface area contributed by atoms with Crippen molar-refractivity contribution in [2.24, 2.45) is 5.92 Å². The molecule has 0 spiro atoms. The fourth-order valence-corrected chi connectivity index (χ4v) is 2.31. The first-order valence-electron chi connectivity index (χ1n) is 6.83. The van der Waals surface area contributed by atoms with Crippen molar-refractivity contribution in [3.05, 3.63) is 23.0 Å². The van der Waals surface area contributed by atoms with Crippen LogP contribution in [0.25, 0.3) is 0 Å². The van der Waals surface area contributed by atoms with Gasteiger partial charge in [-0.2, -0.15) is 0 Å². The van der Waals surface area contributed by atoms with Crippen molar-refractivity contribution in [1.82, 2.24) is 4.98 Å². The maximum absolute atomic E-state index is 11.3. The lowest BCUT2D eigenvalue weighted by molar-refractivity contribution is 0.0696. The Balaban J connectivity index is 2.96. The fourth-order valence-electron chi connectivity index (χ4n) is 2.31.